The SMILES string of the molecule is COc1cc(/C=C2/SC(=Nc3cccc(Cl)c3C)NC2=O)cc(Cl)c1OCc1ccc(C(=O)O)cc1. The van der Waals surface area contributed by atoms with Gasteiger partial charge in [0, 0.05) is 5.02 Å². The number of carboxylic acids is 1. The Morgan fingerprint density at radius 3 is 2.58 bits per heavy atom. The van der Waals surface area contributed by atoms with Crippen molar-refractivity contribution in [2.24, 2.45) is 4.99 Å². The van der Waals surface area contributed by atoms with Crippen molar-refractivity contribution in [1.82, 2.24) is 5.32 Å². The predicted molar refractivity (Wildman–Crippen MR) is 143 cm³/mol. The Kier molecular flexibility index (Phi) is 7.88. The number of hydrogen-bond donors (Lipinski definition) is 2. The number of hydrogen-bond acceptors (Lipinski definition) is 6. The van der Waals surface area contributed by atoms with Crippen molar-refractivity contribution in [3.63, 3.8) is 0 Å². The van der Waals surface area contributed by atoms with Crippen LogP contribution in [0.3, 0.4) is 0 Å². The molecule has 0 bridgehead atoms. The fourth-order valence-corrected chi connectivity index (χ4v) is 4.60. The summed E-state index contributed by atoms with van der Waals surface area (Å²) in [5.41, 5.74) is 3.11. The smallest absolute Gasteiger partial charge is 0.335 e. The number of halogens is 2. The van der Waals surface area contributed by atoms with Gasteiger partial charge in [-0.3, -0.25) is 4.79 Å². The molecular weight excluding hydrogens is 523 g/mol. The van der Waals surface area contributed by atoms with Gasteiger partial charge in [-0.25, -0.2) is 9.79 Å². The second-order valence-electron chi connectivity index (χ2n) is 7.69. The molecule has 1 saturated heterocycles. The highest BCUT2D eigenvalue weighted by molar-refractivity contribution is 8.18. The molecule has 1 aliphatic rings. The summed E-state index contributed by atoms with van der Waals surface area (Å²) in [6, 6.07) is 15.1. The van der Waals surface area contributed by atoms with Gasteiger partial charge in [-0.2, -0.15) is 0 Å². The monoisotopic (exact) mass is 542 g/mol. The number of nitrogens with one attached hydrogen (secondary N) is 1. The summed E-state index contributed by atoms with van der Waals surface area (Å²) in [6.45, 7) is 2.03. The lowest BCUT2D eigenvalue weighted by Crippen LogP contribution is -2.19. The molecule has 0 saturated carbocycles. The van der Waals surface area contributed by atoms with Gasteiger partial charge in [-0.05, 0) is 77.9 Å². The topological polar surface area (TPSA) is 97.2 Å². The number of nitrogens with zero attached hydrogens (tertiary/aromatic N) is 1. The van der Waals surface area contributed by atoms with Gasteiger partial charge in [-0.1, -0.05) is 41.4 Å². The molecule has 7 nitrogen and oxygen atoms in total. The van der Waals surface area contributed by atoms with E-state index in [0.29, 0.717) is 42.9 Å². The first-order valence-electron chi connectivity index (χ1n) is 10.6. The number of amidine groups is 1. The summed E-state index contributed by atoms with van der Waals surface area (Å²) in [6.07, 6.45) is 1.69. The molecule has 0 unspecified atom stereocenters. The molecule has 1 aliphatic heterocycles. The lowest BCUT2D eigenvalue weighted by Gasteiger charge is -2.13. The lowest BCUT2D eigenvalue weighted by molar-refractivity contribution is -0.115. The van der Waals surface area contributed by atoms with Gasteiger partial charge in [0.15, 0.2) is 16.7 Å². The van der Waals surface area contributed by atoms with Crippen LogP contribution in [-0.2, 0) is 11.4 Å². The van der Waals surface area contributed by atoms with Crippen LogP contribution in [0.1, 0.15) is 27.0 Å². The standard InChI is InChI=1S/C26H20Cl2N2O5S/c1-14-18(27)4-3-5-20(14)29-26-30-24(31)22(36-26)12-16-10-19(28)23(21(11-16)34-2)35-13-15-6-8-17(9-7-15)25(32)33/h3-12H,13H2,1-2H3,(H,32,33)(H,29,30,31)/b22-12+. The number of aliphatic imine (C=N–C) groups is 1. The van der Waals surface area contributed by atoms with Crippen molar-refractivity contribution in [3.8, 4) is 11.5 Å². The molecule has 0 radical (unpaired) electrons. The molecule has 1 heterocycles. The first-order chi connectivity index (χ1) is 17.2. The van der Waals surface area contributed by atoms with Crippen LogP contribution in [0.25, 0.3) is 6.08 Å². The number of carbonyl (C=O) groups is 2. The van der Waals surface area contributed by atoms with Gasteiger partial charge in [0.2, 0.25) is 0 Å². The first kappa shape index (κ1) is 25.6. The molecule has 1 amide bonds. The third kappa shape index (κ3) is 5.84. The zero-order valence-corrected chi connectivity index (χ0v) is 21.5. The maximum atomic E-state index is 12.5. The van der Waals surface area contributed by atoms with Crippen molar-refractivity contribution >= 4 is 63.8 Å². The number of rotatable bonds is 7. The highest BCUT2D eigenvalue weighted by Crippen LogP contribution is 2.39. The Balaban J connectivity index is 1.52. The molecule has 0 aromatic heterocycles. The second kappa shape index (κ2) is 11.1. The summed E-state index contributed by atoms with van der Waals surface area (Å²) >= 11 is 13.9. The average molecular weight is 543 g/mol. The second-order valence-corrected chi connectivity index (χ2v) is 9.54. The molecular formula is C26H20Cl2N2O5S. The van der Waals surface area contributed by atoms with E-state index in [-0.39, 0.29) is 18.1 Å². The van der Waals surface area contributed by atoms with Crippen LogP contribution >= 0.6 is 35.0 Å². The molecule has 0 spiro atoms. The zero-order valence-electron chi connectivity index (χ0n) is 19.2. The summed E-state index contributed by atoms with van der Waals surface area (Å²) in [4.78, 5) is 28.5. The molecule has 0 aliphatic carbocycles. The number of methoxy groups -OCH3 is 1. The molecule has 10 heteroatoms. The molecule has 2 N–H and O–H groups in total. The molecule has 3 aromatic carbocycles. The van der Waals surface area contributed by atoms with E-state index in [0.717, 1.165) is 11.1 Å². The molecule has 4 rings (SSSR count). The van der Waals surface area contributed by atoms with Gasteiger partial charge >= 0.3 is 5.97 Å². The van der Waals surface area contributed by atoms with Crippen LogP contribution in [0.4, 0.5) is 5.69 Å². The van der Waals surface area contributed by atoms with Crippen molar-refractivity contribution in [1.29, 1.82) is 0 Å². The molecule has 3 aromatic rings. The van der Waals surface area contributed by atoms with Gasteiger partial charge in [-0.15, -0.1) is 0 Å². The van der Waals surface area contributed by atoms with Gasteiger partial charge in [0.05, 0.1) is 28.3 Å². The van der Waals surface area contributed by atoms with Gasteiger partial charge in [0.25, 0.3) is 5.91 Å². The van der Waals surface area contributed by atoms with E-state index in [1.54, 1.807) is 42.5 Å². The predicted octanol–water partition coefficient (Wildman–Crippen LogP) is 6.48. The van der Waals surface area contributed by atoms with Crippen molar-refractivity contribution < 1.29 is 24.2 Å². The van der Waals surface area contributed by atoms with Crippen molar-refractivity contribution in [2.45, 2.75) is 13.5 Å². The Bertz CT molecular complexity index is 1400. The molecule has 0 atom stereocenters. The minimum absolute atomic E-state index is 0.164. The van der Waals surface area contributed by atoms with E-state index in [1.807, 2.05) is 13.0 Å². The summed E-state index contributed by atoms with van der Waals surface area (Å²) < 4.78 is 11.3. The maximum Gasteiger partial charge on any atom is 0.335 e. The fraction of sp³-hybridized carbons (Fsp3) is 0.115. The minimum Gasteiger partial charge on any atom is -0.493 e. The highest BCUT2D eigenvalue weighted by Gasteiger charge is 2.24. The zero-order chi connectivity index (χ0) is 25.8. The Labute approximate surface area is 221 Å². The largest absolute Gasteiger partial charge is 0.493 e. The highest BCUT2D eigenvalue weighted by atomic mass is 35.5. The number of carbonyl (C=O) groups excluding carboxylic acids is 1. The van der Waals surface area contributed by atoms with Crippen LogP contribution in [0.5, 0.6) is 11.5 Å². The maximum absolute atomic E-state index is 12.5. The van der Waals surface area contributed by atoms with Crippen LogP contribution < -0.4 is 14.8 Å². The van der Waals surface area contributed by atoms with Crippen LogP contribution in [0.15, 0.2) is 64.5 Å². The fourth-order valence-electron chi connectivity index (χ4n) is 3.32. The van der Waals surface area contributed by atoms with E-state index in [2.05, 4.69) is 10.3 Å². The van der Waals surface area contributed by atoms with Crippen molar-refractivity contribution in [3.05, 3.63) is 91.8 Å². The number of benzene rings is 3. The normalized spacial score (nSPS) is 15.3. The number of carboxylic acid groups (broad SMARTS) is 1. The Hall–Kier alpha value is -3.46. The minimum atomic E-state index is -0.996. The van der Waals surface area contributed by atoms with E-state index < -0.39 is 5.97 Å². The van der Waals surface area contributed by atoms with Gasteiger partial charge < -0.3 is 19.9 Å². The molecule has 184 valence electrons. The quantitative estimate of drug-likeness (QED) is 0.331. The number of thioether (sulfide) groups is 1. The lowest BCUT2D eigenvalue weighted by atomic mass is 10.1. The van der Waals surface area contributed by atoms with E-state index in [9.17, 15) is 9.59 Å². The van der Waals surface area contributed by atoms with E-state index >= 15 is 0 Å². The summed E-state index contributed by atoms with van der Waals surface area (Å²) in [5, 5.41) is 13.1. The number of aromatic carboxylic acids is 1. The van der Waals surface area contributed by atoms with Crippen LogP contribution in [0.2, 0.25) is 10.0 Å². The third-order valence-corrected chi connectivity index (χ3v) is 6.85. The molecule has 1 fully saturated rings. The summed E-state index contributed by atoms with van der Waals surface area (Å²) in [5.74, 6) is -0.545. The summed E-state index contributed by atoms with van der Waals surface area (Å²) in [7, 11) is 1.49. The van der Waals surface area contributed by atoms with Gasteiger partial charge in [0.1, 0.15) is 6.61 Å². The Morgan fingerprint density at radius 1 is 1.14 bits per heavy atom. The van der Waals surface area contributed by atoms with Crippen molar-refractivity contribution in [2.75, 3.05) is 7.11 Å². The van der Waals surface area contributed by atoms with E-state index in [1.165, 1.54) is 31.0 Å². The van der Waals surface area contributed by atoms with Crippen LogP contribution in [0, 0.1) is 6.92 Å². The number of amides is 1. The average Bonchev–Trinajstić information content (AvgIpc) is 3.19. The first-order valence-corrected chi connectivity index (χ1v) is 12.2. The third-order valence-electron chi connectivity index (χ3n) is 5.25. The number of ether oxygens (including phenoxy) is 2. The van der Waals surface area contributed by atoms with E-state index in [4.69, 9.17) is 37.8 Å². The Morgan fingerprint density at radius 2 is 1.89 bits per heavy atom. The van der Waals surface area contributed by atoms with Crippen LogP contribution in [-0.4, -0.2) is 29.3 Å². The molecule has 36 heavy (non-hydrogen) atoms.